The fourth-order valence-electron chi connectivity index (χ4n) is 2.78. The number of piperazine rings is 1. The molecule has 0 radical (unpaired) electrons. The highest BCUT2D eigenvalue weighted by atomic mass is 16.5. The van der Waals surface area contributed by atoms with Crippen molar-refractivity contribution in [3.05, 3.63) is 18.2 Å². The molecule has 1 aliphatic heterocycles. The maximum atomic E-state index is 10.7. The van der Waals surface area contributed by atoms with Crippen molar-refractivity contribution >= 4 is 17.8 Å². The number of benzene rings is 1. The largest absolute Gasteiger partial charge is 0.489 e. The van der Waals surface area contributed by atoms with Gasteiger partial charge in [0.05, 0.1) is 11.8 Å². The second kappa shape index (κ2) is 6.80. The Hall–Kier alpha value is -1.75. The molecule has 2 atom stereocenters. The molecule has 1 aromatic rings. The lowest BCUT2D eigenvalue weighted by molar-refractivity contribution is -0.105. The highest BCUT2D eigenvalue weighted by Crippen LogP contribution is 2.31. The summed E-state index contributed by atoms with van der Waals surface area (Å²) < 4.78 is 5.82. The molecule has 1 saturated heterocycles. The number of hydrogen-bond donors (Lipinski definition) is 2. The third-order valence-corrected chi connectivity index (χ3v) is 3.46. The summed E-state index contributed by atoms with van der Waals surface area (Å²) in [6, 6.07) is 6.85. The van der Waals surface area contributed by atoms with Crippen molar-refractivity contribution in [2.45, 2.75) is 45.9 Å². The topological polar surface area (TPSA) is 53.6 Å². The number of amides is 1. The second-order valence-corrected chi connectivity index (χ2v) is 5.98. The summed E-state index contributed by atoms with van der Waals surface area (Å²) >= 11 is 0. The fraction of sp³-hybridized carbons (Fsp3) is 0.562. The first kappa shape index (κ1) is 15.6. The van der Waals surface area contributed by atoms with Crippen LogP contribution in [0.1, 0.15) is 27.7 Å². The molecule has 1 fully saturated rings. The number of nitrogens with one attached hydrogen (secondary N) is 2. The summed E-state index contributed by atoms with van der Waals surface area (Å²) in [4.78, 5) is 13.1. The minimum absolute atomic E-state index is 0.0633. The lowest BCUT2D eigenvalue weighted by atomic mass is 10.1. The van der Waals surface area contributed by atoms with Gasteiger partial charge >= 0.3 is 0 Å². The molecule has 5 nitrogen and oxygen atoms in total. The van der Waals surface area contributed by atoms with E-state index in [1.165, 1.54) is 0 Å². The van der Waals surface area contributed by atoms with Gasteiger partial charge in [-0.1, -0.05) is 0 Å². The van der Waals surface area contributed by atoms with Crippen molar-refractivity contribution in [3.63, 3.8) is 0 Å². The van der Waals surface area contributed by atoms with Crippen LogP contribution in [0.5, 0.6) is 5.75 Å². The van der Waals surface area contributed by atoms with Crippen LogP contribution in [0.25, 0.3) is 0 Å². The molecule has 2 rings (SSSR count). The molecule has 0 aliphatic carbocycles. The van der Waals surface area contributed by atoms with Crippen LogP contribution in [0.2, 0.25) is 0 Å². The molecule has 0 unspecified atom stereocenters. The van der Waals surface area contributed by atoms with Crippen LogP contribution in [-0.2, 0) is 4.79 Å². The number of carbonyl (C=O) groups excluding carboxylic acids is 1. The molecule has 2 N–H and O–H groups in total. The predicted molar refractivity (Wildman–Crippen MR) is 86.2 cm³/mol. The van der Waals surface area contributed by atoms with Gasteiger partial charge in [-0.05, 0) is 39.8 Å². The maximum absolute atomic E-state index is 10.7. The summed E-state index contributed by atoms with van der Waals surface area (Å²) in [6.07, 6.45) is 0.741. The van der Waals surface area contributed by atoms with E-state index in [1.807, 2.05) is 32.0 Å². The van der Waals surface area contributed by atoms with E-state index in [-0.39, 0.29) is 6.10 Å². The van der Waals surface area contributed by atoms with E-state index in [0.29, 0.717) is 29.9 Å². The molecule has 0 aromatic heterocycles. The molecule has 21 heavy (non-hydrogen) atoms. The first-order valence-corrected chi connectivity index (χ1v) is 7.51. The minimum Gasteiger partial charge on any atom is -0.489 e. The van der Waals surface area contributed by atoms with E-state index in [1.54, 1.807) is 0 Å². The average molecular weight is 291 g/mol. The van der Waals surface area contributed by atoms with Gasteiger partial charge in [0.25, 0.3) is 0 Å². The van der Waals surface area contributed by atoms with E-state index >= 15 is 0 Å². The van der Waals surface area contributed by atoms with Crippen molar-refractivity contribution in [2.24, 2.45) is 0 Å². The molecule has 5 heteroatoms. The van der Waals surface area contributed by atoms with E-state index < -0.39 is 0 Å². The van der Waals surface area contributed by atoms with Gasteiger partial charge in [0.15, 0.2) is 0 Å². The van der Waals surface area contributed by atoms with E-state index in [9.17, 15) is 4.79 Å². The van der Waals surface area contributed by atoms with E-state index in [4.69, 9.17) is 4.74 Å². The normalized spacial score (nSPS) is 22.2. The third kappa shape index (κ3) is 4.11. The Morgan fingerprint density at radius 3 is 2.57 bits per heavy atom. The average Bonchev–Trinajstić information content (AvgIpc) is 2.39. The zero-order valence-corrected chi connectivity index (χ0v) is 13.2. The van der Waals surface area contributed by atoms with Gasteiger partial charge in [-0.15, -0.1) is 0 Å². The summed E-state index contributed by atoms with van der Waals surface area (Å²) in [6.45, 7) is 10.3. The molecule has 0 bridgehead atoms. The predicted octanol–water partition coefficient (Wildman–Crippen LogP) is 2.23. The fourth-order valence-corrected chi connectivity index (χ4v) is 2.78. The van der Waals surface area contributed by atoms with Crippen molar-refractivity contribution in [3.8, 4) is 5.75 Å². The zero-order chi connectivity index (χ0) is 15.4. The highest BCUT2D eigenvalue weighted by Gasteiger charge is 2.22. The molecule has 1 aliphatic rings. The first-order valence-electron chi connectivity index (χ1n) is 7.51. The van der Waals surface area contributed by atoms with Crippen molar-refractivity contribution in [2.75, 3.05) is 23.3 Å². The van der Waals surface area contributed by atoms with Gasteiger partial charge in [0.2, 0.25) is 6.41 Å². The smallest absolute Gasteiger partial charge is 0.211 e. The number of carbonyl (C=O) groups is 1. The Labute approximate surface area is 126 Å². The van der Waals surface area contributed by atoms with Crippen LogP contribution in [0.15, 0.2) is 18.2 Å². The molecular formula is C16H25N3O2. The number of ether oxygens (including phenoxy) is 1. The van der Waals surface area contributed by atoms with Gasteiger partial charge in [-0.2, -0.15) is 0 Å². The molecule has 1 amide bonds. The van der Waals surface area contributed by atoms with Crippen LogP contribution in [0, 0.1) is 0 Å². The zero-order valence-electron chi connectivity index (χ0n) is 13.2. The molecule has 1 aromatic carbocycles. The maximum Gasteiger partial charge on any atom is 0.211 e. The highest BCUT2D eigenvalue weighted by molar-refractivity contribution is 5.77. The number of hydrogen-bond acceptors (Lipinski definition) is 4. The molecule has 0 saturated carbocycles. The van der Waals surface area contributed by atoms with Crippen LogP contribution >= 0.6 is 0 Å². The first-order chi connectivity index (χ1) is 9.99. The minimum atomic E-state index is 0.0633. The van der Waals surface area contributed by atoms with E-state index in [0.717, 1.165) is 18.8 Å². The number of nitrogens with zero attached hydrogens (tertiary/aromatic N) is 1. The third-order valence-electron chi connectivity index (χ3n) is 3.46. The van der Waals surface area contributed by atoms with E-state index in [2.05, 4.69) is 29.4 Å². The lowest BCUT2D eigenvalue weighted by Gasteiger charge is -2.38. The number of rotatable bonds is 5. The van der Waals surface area contributed by atoms with Crippen LogP contribution in [-0.4, -0.2) is 37.7 Å². The summed E-state index contributed by atoms with van der Waals surface area (Å²) in [5, 5.41) is 6.22. The van der Waals surface area contributed by atoms with Crippen molar-refractivity contribution in [1.82, 2.24) is 5.32 Å². The lowest BCUT2D eigenvalue weighted by Crippen LogP contribution is -2.54. The molecule has 0 spiro atoms. The van der Waals surface area contributed by atoms with Crippen LogP contribution in [0.3, 0.4) is 0 Å². The Morgan fingerprint density at radius 2 is 2.00 bits per heavy atom. The van der Waals surface area contributed by atoms with Gasteiger partial charge in [-0.3, -0.25) is 4.79 Å². The van der Waals surface area contributed by atoms with Crippen molar-refractivity contribution < 1.29 is 9.53 Å². The van der Waals surface area contributed by atoms with Gasteiger partial charge in [0.1, 0.15) is 5.75 Å². The number of anilines is 2. The molecule has 116 valence electrons. The quantitative estimate of drug-likeness (QED) is 0.817. The SMILES string of the molecule is CC(C)Oc1cc(N2C[C@H](C)N[C@@H](C)C2)ccc1NC=O. The summed E-state index contributed by atoms with van der Waals surface area (Å²) in [5.74, 6) is 0.716. The summed E-state index contributed by atoms with van der Waals surface area (Å²) in [5.41, 5.74) is 1.83. The summed E-state index contributed by atoms with van der Waals surface area (Å²) in [7, 11) is 0. The van der Waals surface area contributed by atoms with Crippen LogP contribution < -0.4 is 20.3 Å². The Morgan fingerprint density at radius 1 is 1.33 bits per heavy atom. The monoisotopic (exact) mass is 291 g/mol. The van der Waals surface area contributed by atoms with Gasteiger partial charge in [-0.25, -0.2) is 0 Å². The Bertz CT molecular complexity index is 480. The second-order valence-electron chi connectivity index (χ2n) is 5.98. The molecular weight excluding hydrogens is 266 g/mol. The molecule has 1 heterocycles. The van der Waals surface area contributed by atoms with Gasteiger partial charge < -0.3 is 20.3 Å². The Kier molecular flexibility index (Phi) is 5.07. The van der Waals surface area contributed by atoms with Gasteiger partial charge in [0, 0.05) is 36.9 Å². The van der Waals surface area contributed by atoms with Crippen LogP contribution in [0.4, 0.5) is 11.4 Å². The van der Waals surface area contributed by atoms with Crippen molar-refractivity contribution in [1.29, 1.82) is 0 Å². The standard InChI is InChI=1S/C16H25N3O2/c1-11(2)21-16-7-14(5-6-15(16)17-10-20)19-8-12(3)18-13(4)9-19/h5-7,10-13,18H,8-9H2,1-4H3,(H,17,20)/t12-,13-/m0/s1. The Balaban J connectivity index is 2.25.